The van der Waals surface area contributed by atoms with Crippen LogP contribution in [-0.2, 0) is 0 Å². The largest absolute Gasteiger partial charge is 0.306 e. The Morgan fingerprint density at radius 2 is 2.26 bits per heavy atom. The van der Waals surface area contributed by atoms with E-state index < -0.39 is 0 Å². The molecule has 0 bridgehead atoms. The van der Waals surface area contributed by atoms with Gasteiger partial charge in [-0.3, -0.25) is 4.90 Å². The predicted octanol–water partition coefficient (Wildman–Crippen LogP) is 3.10. The van der Waals surface area contributed by atoms with Gasteiger partial charge in [-0.05, 0) is 49.9 Å². The molecular formula is C16H23FN2. The maximum absolute atomic E-state index is 13.4. The lowest BCUT2D eigenvalue weighted by Gasteiger charge is -2.27. The summed E-state index contributed by atoms with van der Waals surface area (Å²) in [5.74, 6) is -0.133. The molecule has 19 heavy (non-hydrogen) atoms. The van der Waals surface area contributed by atoms with Crippen molar-refractivity contribution in [3.05, 3.63) is 35.6 Å². The van der Waals surface area contributed by atoms with Crippen molar-refractivity contribution in [1.82, 2.24) is 10.2 Å². The highest BCUT2D eigenvalue weighted by atomic mass is 19.1. The van der Waals surface area contributed by atoms with Crippen LogP contribution >= 0.6 is 0 Å². The van der Waals surface area contributed by atoms with Crippen molar-refractivity contribution in [2.75, 3.05) is 13.1 Å². The molecule has 3 rings (SSSR count). The van der Waals surface area contributed by atoms with E-state index in [0.29, 0.717) is 12.1 Å². The van der Waals surface area contributed by atoms with E-state index in [0.717, 1.165) is 12.0 Å². The van der Waals surface area contributed by atoms with E-state index in [1.54, 1.807) is 6.07 Å². The van der Waals surface area contributed by atoms with Crippen LogP contribution in [0, 0.1) is 5.82 Å². The van der Waals surface area contributed by atoms with Gasteiger partial charge in [0.05, 0.1) is 0 Å². The first-order chi connectivity index (χ1) is 9.28. The minimum atomic E-state index is -0.133. The molecule has 104 valence electrons. The van der Waals surface area contributed by atoms with Gasteiger partial charge in [0.25, 0.3) is 0 Å². The van der Waals surface area contributed by atoms with E-state index in [1.807, 2.05) is 12.1 Å². The molecule has 1 aromatic rings. The highest BCUT2D eigenvalue weighted by Crippen LogP contribution is 2.30. The van der Waals surface area contributed by atoms with Crippen LogP contribution in [0.4, 0.5) is 4.39 Å². The summed E-state index contributed by atoms with van der Waals surface area (Å²) in [4.78, 5) is 2.61. The average molecular weight is 262 g/mol. The number of benzene rings is 1. The second-order valence-corrected chi connectivity index (χ2v) is 5.82. The number of halogens is 1. The number of hydrogen-bond acceptors (Lipinski definition) is 2. The molecule has 0 saturated carbocycles. The summed E-state index contributed by atoms with van der Waals surface area (Å²) in [5, 5.41) is 3.77. The van der Waals surface area contributed by atoms with E-state index in [-0.39, 0.29) is 11.9 Å². The van der Waals surface area contributed by atoms with Crippen molar-refractivity contribution in [2.24, 2.45) is 0 Å². The Labute approximate surface area is 115 Å². The zero-order valence-corrected chi connectivity index (χ0v) is 11.6. The fourth-order valence-electron chi connectivity index (χ4n) is 3.71. The van der Waals surface area contributed by atoms with Gasteiger partial charge in [-0.2, -0.15) is 0 Å². The Bertz CT molecular complexity index is 435. The SMILES string of the molecule is CCC(NC1CCN2CCCC12)c1cccc(F)c1. The Kier molecular flexibility index (Phi) is 3.85. The van der Waals surface area contributed by atoms with Gasteiger partial charge in [0.1, 0.15) is 5.82 Å². The fourth-order valence-corrected chi connectivity index (χ4v) is 3.71. The highest BCUT2D eigenvalue weighted by molar-refractivity contribution is 5.20. The molecule has 1 N–H and O–H groups in total. The van der Waals surface area contributed by atoms with E-state index in [4.69, 9.17) is 0 Å². The molecular weight excluding hydrogens is 239 g/mol. The molecule has 2 fully saturated rings. The Morgan fingerprint density at radius 3 is 3.05 bits per heavy atom. The van der Waals surface area contributed by atoms with Gasteiger partial charge >= 0.3 is 0 Å². The lowest BCUT2D eigenvalue weighted by atomic mass is 10.00. The molecule has 3 atom stereocenters. The number of hydrogen-bond donors (Lipinski definition) is 1. The standard InChI is InChI=1S/C16H23FN2/c1-2-14(12-5-3-6-13(17)11-12)18-15-8-10-19-9-4-7-16(15)19/h3,5-6,11,14-16,18H,2,4,7-10H2,1H3. The molecule has 2 saturated heterocycles. The normalized spacial score (nSPS) is 28.5. The Hall–Kier alpha value is -0.930. The van der Waals surface area contributed by atoms with Gasteiger partial charge in [-0.25, -0.2) is 4.39 Å². The lowest BCUT2D eigenvalue weighted by Crippen LogP contribution is -2.40. The molecule has 0 amide bonds. The Morgan fingerprint density at radius 1 is 1.37 bits per heavy atom. The zero-order valence-electron chi connectivity index (χ0n) is 11.6. The number of nitrogens with one attached hydrogen (secondary N) is 1. The van der Waals surface area contributed by atoms with Crippen LogP contribution < -0.4 is 5.32 Å². The van der Waals surface area contributed by atoms with E-state index in [1.165, 1.54) is 38.4 Å². The van der Waals surface area contributed by atoms with Crippen LogP contribution in [-0.4, -0.2) is 30.1 Å². The smallest absolute Gasteiger partial charge is 0.123 e. The maximum Gasteiger partial charge on any atom is 0.123 e. The number of fused-ring (bicyclic) bond motifs is 1. The molecule has 3 unspecified atom stereocenters. The molecule has 0 aliphatic carbocycles. The number of nitrogens with zero attached hydrogens (tertiary/aromatic N) is 1. The summed E-state index contributed by atoms with van der Waals surface area (Å²) in [7, 11) is 0. The van der Waals surface area contributed by atoms with Crippen molar-refractivity contribution >= 4 is 0 Å². The molecule has 1 aromatic carbocycles. The molecule has 0 spiro atoms. The summed E-state index contributed by atoms with van der Waals surface area (Å²) in [6, 6.07) is 8.60. The molecule has 0 aromatic heterocycles. The van der Waals surface area contributed by atoms with E-state index >= 15 is 0 Å². The summed E-state index contributed by atoms with van der Waals surface area (Å²) in [6.07, 6.45) is 4.89. The second kappa shape index (κ2) is 5.59. The molecule has 2 aliphatic rings. The van der Waals surface area contributed by atoms with Gasteiger partial charge in [0.2, 0.25) is 0 Å². The third-order valence-electron chi connectivity index (χ3n) is 4.68. The van der Waals surface area contributed by atoms with E-state index in [2.05, 4.69) is 17.1 Å². The van der Waals surface area contributed by atoms with Crippen LogP contribution in [0.25, 0.3) is 0 Å². The minimum absolute atomic E-state index is 0.133. The van der Waals surface area contributed by atoms with Crippen LogP contribution in [0.1, 0.15) is 44.2 Å². The van der Waals surface area contributed by atoms with Crippen molar-refractivity contribution in [3.63, 3.8) is 0 Å². The van der Waals surface area contributed by atoms with Crippen LogP contribution in [0.5, 0.6) is 0 Å². The highest BCUT2D eigenvalue weighted by Gasteiger charge is 2.37. The topological polar surface area (TPSA) is 15.3 Å². The molecule has 2 heterocycles. The van der Waals surface area contributed by atoms with Crippen molar-refractivity contribution < 1.29 is 4.39 Å². The van der Waals surface area contributed by atoms with Gasteiger partial charge in [-0.15, -0.1) is 0 Å². The van der Waals surface area contributed by atoms with Crippen LogP contribution in [0.2, 0.25) is 0 Å². The average Bonchev–Trinajstić information content (AvgIpc) is 2.99. The third kappa shape index (κ3) is 2.67. The van der Waals surface area contributed by atoms with Gasteiger partial charge < -0.3 is 5.32 Å². The summed E-state index contributed by atoms with van der Waals surface area (Å²) >= 11 is 0. The van der Waals surface area contributed by atoms with Gasteiger partial charge in [0, 0.05) is 24.7 Å². The molecule has 2 aliphatic heterocycles. The minimum Gasteiger partial charge on any atom is -0.306 e. The van der Waals surface area contributed by atoms with E-state index in [9.17, 15) is 4.39 Å². The summed E-state index contributed by atoms with van der Waals surface area (Å²) in [6.45, 7) is 4.66. The zero-order chi connectivity index (χ0) is 13.2. The lowest BCUT2D eigenvalue weighted by molar-refractivity contribution is 0.287. The van der Waals surface area contributed by atoms with Gasteiger partial charge in [-0.1, -0.05) is 19.1 Å². The molecule has 3 heteroatoms. The quantitative estimate of drug-likeness (QED) is 0.897. The van der Waals surface area contributed by atoms with Crippen molar-refractivity contribution in [3.8, 4) is 0 Å². The van der Waals surface area contributed by atoms with Crippen LogP contribution in [0.3, 0.4) is 0 Å². The molecule has 0 radical (unpaired) electrons. The first-order valence-corrected chi connectivity index (χ1v) is 7.53. The molecule has 2 nitrogen and oxygen atoms in total. The Balaban J connectivity index is 1.70. The van der Waals surface area contributed by atoms with Gasteiger partial charge in [0.15, 0.2) is 0 Å². The van der Waals surface area contributed by atoms with Crippen molar-refractivity contribution in [2.45, 2.75) is 50.7 Å². The van der Waals surface area contributed by atoms with Crippen LogP contribution in [0.15, 0.2) is 24.3 Å². The van der Waals surface area contributed by atoms with Crippen molar-refractivity contribution in [1.29, 1.82) is 0 Å². The first kappa shape index (κ1) is 13.1. The summed E-state index contributed by atoms with van der Waals surface area (Å²) < 4.78 is 13.4. The summed E-state index contributed by atoms with van der Waals surface area (Å²) in [5.41, 5.74) is 1.08. The fraction of sp³-hybridized carbons (Fsp3) is 0.625. The third-order valence-corrected chi connectivity index (χ3v) is 4.68. The number of rotatable bonds is 4. The second-order valence-electron chi connectivity index (χ2n) is 5.82. The first-order valence-electron chi connectivity index (χ1n) is 7.53. The monoisotopic (exact) mass is 262 g/mol. The maximum atomic E-state index is 13.4. The predicted molar refractivity (Wildman–Crippen MR) is 75.6 cm³/mol.